The quantitative estimate of drug-likeness (QED) is 0.891. The van der Waals surface area contributed by atoms with Crippen molar-refractivity contribution in [3.8, 4) is 0 Å². The second-order valence-corrected chi connectivity index (χ2v) is 4.70. The van der Waals surface area contributed by atoms with Gasteiger partial charge in [0.05, 0.1) is 18.5 Å². The molecule has 0 fully saturated rings. The zero-order valence-corrected chi connectivity index (χ0v) is 12.4. The van der Waals surface area contributed by atoms with E-state index in [1.165, 1.54) is 11.1 Å². The van der Waals surface area contributed by atoms with Gasteiger partial charge in [0.1, 0.15) is 5.82 Å². The summed E-state index contributed by atoms with van der Waals surface area (Å²) in [6, 6.07) is 9.75. The number of nitrogens with one attached hydrogen (secondary N) is 2. The van der Waals surface area contributed by atoms with Crippen LogP contribution in [0.5, 0.6) is 0 Å². The van der Waals surface area contributed by atoms with Gasteiger partial charge in [0.15, 0.2) is 0 Å². The van der Waals surface area contributed by atoms with Gasteiger partial charge >= 0.3 is 6.09 Å². The number of anilines is 3. The maximum atomic E-state index is 11.3. The van der Waals surface area contributed by atoms with E-state index in [0.29, 0.717) is 12.4 Å². The van der Waals surface area contributed by atoms with E-state index >= 15 is 0 Å². The monoisotopic (exact) mass is 285 g/mol. The lowest BCUT2D eigenvalue weighted by Crippen LogP contribution is -2.14. The van der Waals surface area contributed by atoms with Crippen LogP contribution in [-0.4, -0.2) is 17.7 Å². The summed E-state index contributed by atoms with van der Waals surface area (Å²) in [4.78, 5) is 15.4. The number of carbonyl (C=O) groups is 1. The molecule has 110 valence electrons. The summed E-state index contributed by atoms with van der Waals surface area (Å²) < 4.78 is 4.79. The molecule has 1 aromatic heterocycles. The molecule has 0 bridgehead atoms. The number of benzene rings is 1. The minimum atomic E-state index is -0.500. The van der Waals surface area contributed by atoms with Gasteiger partial charge < -0.3 is 10.1 Å². The number of ether oxygens (including phenoxy) is 1. The van der Waals surface area contributed by atoms with Gasteiger partial charge in [-0.25, -0.2) is 9.78 Å². The van der Waals surface area contributed by atoms with E-state index in [4.69, 9.17) is 4.74 Å². The van der Waals surface area contributed by atoms with Crippen LogP contribution in [0.15, 0.2) is 36.5 Å². The molecule has 5 heteroatoms. The molecule has 2 rings (SSSR count). The molecule has 0 spiro atoms. The molecular weight excluding hydrogens is 266 g/mol. The minimum Gasteiger partial charge on any atom is -0.450 e. The number of hydrogen-bond acceptors (Lipinski definition) is 4. The molecule has 1 amide bonds. The van der Waals surface area contributed by atoms with Crippen LogP contribution in [-0.2, 0) is 4.74 Å². The van der Waals surface area contributed by atoms with E-state index in [1.807, 2.05) is 12.1 Å². The summed E-state index contributed by atoms with van der Waals surface area (Å²) in [5.74, 6) is 0.457. The summed E-state index contributed by atoms with van der Waals surface area (Å²) in [6.45, 7) is 6.24. The van der Waals surface area contributed by atoms with Gasteiger partial charge in [0, 0.05) is 5.69 Å². The third kappa shape index (κ3) is 4.21. The second-order valence-electron chi connectivity index (χ2n) is 4.70. The van der Waals surface area contributed by atoms with Gasteiger partial charge in [-0.1, -0.05) is 6.07 Å². The molecular formula is C16H19N3O2. The number of nitrogens with zero attached hydrogens (tertiary/aromatic N) is 1. The van der Waals surface area contributed by atoms with Crippen molar-refractivity contribution in [2.75, 3.05) is 17.2 Å². The Kier molecular flexibility index (Phi) is 4.77. The highest BCUT2D eigenvalue weighted by molar-refractivity contribution is 5.83. The fourth-order valence-electron chi connectivity index (χ4n) is 1.80. The second kappa shape index (κ2) is 6.74. The Morgan fingerprint density at radius 2 is 1.90 bits per heavy atom. The van der Waals surface area contributed by atoms with Crippen LogP contribution in [0.3, 0.4) is 0 Å². The summed E-state index contributed by atoms with van der Waals surface area (Å²) in [6.07, 6.45) is 1.16. The average Bonchev–Trinajstić information content (AvgIpc) is 2.45. The molecule has 0 atom stereocenters. The normalized spacial score (nSPS) is 10.0. The van der Waals surface area contributed by atoms with E-state index in [9.17, 15) is 4.79 Å². The average molecular weight is 285 g/mol. The van der Waals surface area contributed by atoms with E-state index in [2.05, 4.69) is 41.6 Å². The topological polar surface area (TPSA) is 63.2 Å². The van der Waals surface area contributed by atoms with Crippen LogP contribution in [0.25, 0.3) is 0 Å². The van der Waals surface area contributed by atoms with Crippen molar-refractivity contribution in [3.63, 3.8) is 0 Å². The van der Waals surface area contributed by atoms with Crippen LogP contribution < -0.4 is 10.6 Å². The fourth-order valence-corrected chi connectivity index (χ4v) is 1.80. The molecule has 0 saturated carbocycles. The molecule has 0 aliphatic rings. The lowest BCUT2D eigenvalue weighted by molar-refractivity contribution is 0.168. The molecule has 2 N–H and O–H groups in total. The molecule has 0 unspecified atom stereocenters. The van der Waals surface area contributed by atoms with Gasteiger partial charge in [-0.2, -0.15) is 0 Å². The molecule has 0 saturated heterocycles. The number of aromatic nitrogens is 1. The smallest absolute Gasteiger partial charge is 0.412 e. The van der Waals surface area contributed by atoms with E-state index < -0.39 is 6.09 Å². The predicted octanol–water partition coefficient (Wildman–Crippen LogP) is 4.01. The summed E-state index contributed by atoms with van der Waals surface area (Å²) in [5.41, 5.74) is 4.35. The van der Waals surface area contributed by atoms with E-state index in [-0.39, 0.29) is 0 Å². The van der Waals surface area contributed by atoms with E-state index in [0.717, 1.165) is 11.4 Å². The molecule has 1 heterocycles. The first-order valence-electron chi connectivity index (χ1n) is 6.82. The number of carbonyl (C=O) groups excluding carboxylic acids is 1. The standard InChI is InChI=1S/C16H19N3O2/c1-4-21-16(20)19-15-8-7-14(10-17-15)18-13-6-5-11(2)12(3)9-13/h5-10,18H,4H2,1-3H3,(H,17,19,20). The number of pyridine rings is 1. The van der Waals surface area contributed by atoms with Gasteiger partial charge in [0.25, 0.3) is 0 Å². The Balaban J connectivity index is 2.01. The van der Waals surface area contributed by atoms with Crippen molar-refractivity contribution in [1.82, 2.24) is 4.98 Å². The fraction of sp³-hybridized carbons (Fsp3) is 0.250. The summed E-state index contributed by atoms with van der Waals surface area (Å²) in [5, 5.41) is 5.82. The highest BCUT2D eigenvalue weighted by Crippen LogP contribution is 2.19. The van der Waals surface area contributed by atoms with Crippen LogP contribution in [0.1, 0.15) is 18.1 Å². The van der Waals surface area contributed by atoms with Gasteiger partial charge in [-0.3, -0.25) is 5.32 Å². The number of amides is 1. The van der Waals surface area contributed by atoms with E-state index in [1.54, 1.807) is 19.2 Å². The highest BCUT2D eigenvalue weighted by Gasteiger charge is 2.03. The largest absolute Gasteiger partial charge is 0.450 e. The zero-order chi connectivity index (χ0) is 15.2. The summed E-state index contributed by atoms with van der Waals surface area (Å²) >= 11 is 0. The van der Waals surface area contributed by atoms with Crippen molar-refractivity contribution in [1.29, 1.82) is 0 Å². The van der Waals surface area contributed by atoms with Gasteiger partial charge in [-0.05, 0) is 56.2 Å². The van der Waals surface area contributed by atoms with Crippen LogP contribution in [0, 0.1) is 13.8 Å². The Morgan fingerprint density at radius 1 is 1.14 bits per heavy atom. The van der Waals surface area contributed by atoms with Crippen LogP contribution in [0.2, 0.25) is 0 Å². The Bertz CT molecular complexity index is 624. The number of aryl methyl sites for hydroxylation is 2. The molecule has 0 radical (unpaired) electrons. The molecule has 5 nitrogen and oxygen atoms in total. The molecule has 2 aromatic rings. The molecule has 1 aromatic carbocycles. The first kappa shape index (κ1) is 14.8. The number of rotatable bonds is 4. The SMILES string of the molecule is CCOC(=O)Nc1ccc(Nc2ccc(C)c(C)c2)cn1. The maximum Gasteiger partial charge on any atom is 0.412 e. The van der Waals surface area contributed by atoms with Crippen LogP contribution in [0.4, 0.5) is 22.0 Å². The number of hydrogen-bond donors (Lipinski definition) is 2. The first-order chi connectivity index (χ1) is 10.1. The van der Waals surface area contributed by atoms with Crippen LogP contribution >= 0.6 is 0 Å². The third-order valence-corrected chi connectivity index (χ3v) is 3.06. The van der Waals surface area contributed by atoms with Crippen molar-refractivity contribution >= 4 is 23.3 Å². The molecule has 0 aliphatic carbocycles. The minimum absolute atomic E-state index is 0.332. The molecule has 21 heavy (non-hydrogen) atoms. The summed E-state index contributed by atoms with van der Waals surface area (Å²) in [7, 11) is 0. The van der Waals surface area contributed by atoms with Crippen molar-refractivity contribution in [2.24, 2.45) is 0 Å². The van der Waals surface area contributed by atoms with Crippen molar-refractivity contribution < 1.29 is 9.53 Å². The lowest BCUT2D eigenvalue weighted by Gasteiger charge is -2.09. The highest BCUT2D eigenvalue weighted by atomic mass is 16.5. The lowest BCUT2D eigenvalue weighted by atomic mass is 10.1. The Hall–Kier alpha value is -2.56. The maximum absolute atomic E-state index is 11.3. The predicted molar refractivity (Wildman–Crippen MR) is 84.1 cm³/mol. The first-order valence-corrected chi connectivity index (χ1v) is 6.82. The van der Waals surface area contributed by atoms with Crippen molar-refractivity contribution in [2.45, 2.75) is 20.8 Å². The molecule has 0 aliphatic heterocycles. The zero-order valence-electron chi connectivity index (χ0n) is 12.4. The van der Waals surface area contributed by atoms with Crippen molar-refractivity contribution in [3.05, 3.63) is 47.7 Å². The Morgan fingerprint density at radius 3 is 2.52 bits per heavy atom. The van der Waals surface area contributed by atoms with Gasteiger partial charge in [0.2, 0.25) is 0 Å². The Labute approximate surface area is 124 Å². The van der Waals surface area contributed by atoms with Gasteiger partial charge in [-0.15, -0.1) is 0 Å². The third-order valence-electron chi connectivity index (χ3n) is 3.06.